The second kappa shape index (κ2) is 8.66. The number of benzene rings is 3. The van der Waals surface area contributed by atoms with E-state index in [-0.39, 0.29) is 18.0 Å². The number of para-hydroxylation sites is 2. The van der Waals surface area contributed by atoms with Crippen LogP contribution in [0, 0.1) is 0 Å². The number of esters is 1. The fourth-order valence-corrected chi connectivity index (χ4v) is 3.83. The van der Waals surface area contributed by atoms with Crippen molar-refractivity contribution in [3.63, 3.8) is 0 Å². The Morgan fingerprint density at radius 2 is 1.79 bits per heavy atom. The van der Waals surface area contributed by atoms with Crippen LogP contribution in [0.25, 0.3) is 11.1 Å². The zero-order chi connectivity index (χ0) is 22.8. The lowest BCUT2D eigenvalue weighted by atomic mass is 10.2. The van der Waals surface area contributed by atoms with Gasteiger partial charge in [-0.3, -0.25) is 4.79 Å². The molecule has 3 aromatic carbocycles. The number of anilines is 2. The number of nitrogens with zero attached hydrogens (tertiary/aromatic N) is 2. The van der Waals surface area contributed by atoms with Gasteiger partial charge in [0.2, 0.25) is 5.91 Å². The molecule has 0 aliphatic carbocycles. The quantitative estimate of drug-likeness (QED) is 0.435. The van der Waals surface area contributed by atoms with Crippen LogP contribution in [0.5, 0.6) is 11.5 Å². The predicted octanol–water partition coefficient (Wildman–Crippen LogP) is 4.62. The van der Waals surface area contributed by atoms with Gasteiger partial charge in [0, 0.05) is 18.7 Å². The van der Waals surface area contributed by atoms with Crippen LogP contribution in [-0.2, 0) is 9.53 Å². The van der Waals surface area contributed by atoms with Gasteiger partial charge < -0.3 is 24.1 Å². The van der Waals surface area contributed by atoms with E-state index in [4.69, 9.17) is 13.9 Å². The molecule has 1 atom stereocenters. The molecule has 0 radical (unpaired) electrons. The summed E-state index contributed by atoms with van der Waals surface area (Å²) in [6.07, 6.45) is 0.296. The molecule has 8 nitrogen and oxygen atoms in total. The first kappa shape index (κ1) is 20.6. The lowest BCUT2D eigenvalue weighted by Gasteiger charge is -2.17. The number of aromatic nitrogens is 1. The first-order chi connectivity index (χ1) is 16.1. The first-order valence-corrected chi connectivity index (χ1v) is 10.5. The number of fused-ring (bicyclic) bond motifs is 1. The predicted molar refractivity (Wildman–Crippen MR) is 123 cm³/mol. The van der Waals surface area contributed by atoms with E-state index in [9.17, 15) is 9.59 Å². The minimum Gasteiger partial charge on any atom is -0.465 e. The number of methoxy groups -OCH3 is 1. The smallest absolute Gasteiger partial charge is 0.341 e. The van der Waals surface area contributed by atoms with Crippen molar-refractivity contribution in [2.24, 2.45) is 0 Å². The molecule has 8 heteroatoms. The van der Waals surface area contributed by atoms with Crippen molar-refractivity contribution in [2.75, 3.05) is 23.9 Å². The van der Waals surface area contributed by atoms with Gasteiger partial charge in [0.1, 0.15) is 22.6 Å². The average Bonchev–Trinajstić information content (AvgIpc) is 3.42. The summed E-state index contributed by atoms with van der Waals surface area (Å²) in [6, 6.07) is 22.1. The van der Waals surface area contributed by atoms with Crippen molar-refractivity contribution in [3.8, 4) is 11.5 Å². The molecule has 1 saturated heterocycles. The lowest BCUT2D eigenvalue weighted by Crippen LogP contribution is -2.27. The van der Waals surface area contributed by atoms with Crippen molar-refractivity contribution in [3.05, 3.63) is 78.4 Å². The Kier molecular flexibility index (Phi) is 5.40. The molecule has 1 aliphatic rings. The average molecular weight is 443 g/mol. The first-order valence-electron chi connectivity index (χ1n) is 10.5. The monoisotopic (exact) mass is 443 g/mol. The van der Waals surface area contributed by atoms with Gasteiger partial charge in [-0.2, -0.15) is 4.98 Å². The second-order valence-electron chi connectivity index (χ2n) is 7.62. The standard InChI is InChI=1S/C25H21N3O5/c1-31-24(30)20-8-5-9-21-23(20)33-25(27-21)26-16-14-22(29)28(15-16)17-10-12-19(13-11-17)32-18-6-3-2-4-7-18/h2-13,16H,14-15H2,1H3,(H,26,27). The summed E-state index contributed by atoms with van der Waals surface area (Å²) in [6.45, 7) is 0.459. The van der Waals surface area contributed by atoms with Crippen LogP contribution >= 0.6 is 0 Å². The molecule has 0 saturated carbocycles. The molecule has 1 aliphatic heterocycles. The van der Waals surface area contributed by atoms with Crippen LogP contribution in [0.15, 0.2) is 77.2 Å². The molecule has 1 N–H and O–H groups in total. The van der Waals surface area contributed by atoms with Gasteiger partial charge in [0.05, 0.1) is 13.2 Å². The molecule has 166 valence electrons. The molecule has 5 rings (SSSR count). The Bertz CT molecular complexity index is 1300. The van der Waals surface area contributed by atoms with Gasteiger partial charge in [-0.1, -0.05) is 24.3 Å². The number of ether oxygens (including phenoxy) is 2. The number of hydrogen-bond acceptors (Lipinski definition) is 7. The molecule has 1 amide bonds. The SMILES string of the molecule is COC(=O)c1cccc2nc(NC3CC(=O)N(c4ccc(Oc5ccccc5)cc4)C3)oc12. The number of nitrogens with one attached hydrogen (secondary N) is 1. The largest absolute Gasteiger partial charge is 0.465 e. The van der Waals surface area contributed by atoms with Crippen LogP contribution in [0.1, 0.15) is 16.8 Å². The van der Waals surface area contributed by atoms with Gasteiger partial charge in [0.15, 0.2) is 5.58 Å². The zero-order valence-electron chi connectivity index (χ0n) is 17.9. The number of carbonyl (C=O) groups excluding carboxylic acids is 2. The van der Waals surface area contributed by atoms with Crippen molar-refractivity contribution >= 4 is 34.7 Å². The van der Waals surface area contributed by atoms with Crippen LogP contribution in [0.4, 0.5) is 11.7 Å². The molecular formula is C25H21N3O5. The van der Waals surface area contributed by atoms with Crippen molar-refractivity contribution < 1.29 is 23.5 Å². The minimum atomic E-state index is -0.495. The molecular weight excluding hydrogens is 422 g/mol. The molecule has 1 fully saturated rings. The Balaban J connectivity index is 1.27. The number of rotatable bonds is 6. The van der Waals surface area contributed by atoms with E-state index in [1.54, 1.807) is 23.1 Å². The molecule has 2 heterocycles. The van der Waals surface area contributed by atoms with E-state index in [2.05, 4.69) is 10.3 Å². The topological polar surface area (TPSA) is 93.9 Å². The number of amides is 1. The van der Waals surface area contributed by atoms with Gasteiger partial charge in [-0.05, 0) is 48.5 Å². The fraction of sp³-hybridized carbons (Fsp3) is 0.160. The van der Waals surface area contributed by atoms with E-state index in [1.165, 1.54) is 7.11 Å². The Morgan fingerprint density at radius 1 is 1.03 bits per heavy atom. The maximum atomic E-state index is 12.6. The van der Waals surface area contributed by atoms with E-state index in [0.29, 0.717) is 35.4 Å². The number of hydrogen-bond donors (Lipinski definition) is 1. The highest BCUT2D eigenvalue weighted by atomic mass is 16.5. The summed E-state index contributed by atoms with van der Waals surface area (Å²) in [7, 11) is 1.32. The van der Waals surface area contributed by atoms with Crippen molar-refractivity contribution in [1.29, 1.82) is 0 Å². The van der Waals surface area contributed by atoms with Crippen molar-refractivity contribution in [1.82, 2.24) is 4.98 Å². The number of oxazole rings is 1. The second-order valence-corrected chi connectivity index (χ2v) is 7.62. The van der Waals surface area contributed by atoms with Crippen LogP contribution in [0.3, 0.4) is 0 Å². The molecule has 33 heavy (non-hydrogen) atoms. The van der Waals surface area contributed by atoms with Crippen LogP contribution in [0.2, 0.25) is 0 Å². The van der Waals surface area contributed by atoms with E-state index in [0.717, 1.165) is 11.4 Å². The summed E-state index contributed by atoms with van der Waals surface area (Å²) in [5.74, 6) is 0.945. The van der Waals surface area contributed by atoms with Crippen LogP contribution < -0.4 is 15.0 Å². The third-order valence-corrected chi connectivity index (χ3v) is 5.40. The summed E-state index contributed by atoms with van der Waals surface area (Å²) < 4.78 is 16.4. The highest BCUT2D eigenvalue weighted by Crippen LogP contribution is 2.29. The summed E-state index contributed by atoms with van der Waals surface area (Å²) >= 11 is 0. The highest BCUT2D eigenvalue weighted by Gasteiger charge is 2.31. The third-order valence-electron chi connectivity index (χ3n) is 5.40. The summed E-state index contributed by atoms with van der Waals surface area (Å²) in [5.41, 5.74) is 1.98. The molecule has 1 unspecified atom stereocenters. The Labute approximate surface area is 189 Å². The fourth-order valence-electron chi connectivity index (χ4n) is 3.83. The van der Waals surface area contributed by atoms with E-state index < -0.39 is 5.97 Å². The molecule has 0 bridgehead atoms. The van der Waals surface area contributed by atoms with Gasteiger partial charge in [-0.15, -0.1) is 0 Å². The molecule has 1 aromatic heterocycles. The molecule has 0 spiro atoms. The Hall–Kier alpha value is -4.33. The lowest BCUT2D eigenvalue weighted by molar-refractivity contribution is -0.117. The van der Waals surface area contributed by atoms with Gasteiger partial charge in [0.25, 0.3) is 6.01 Å². The van der Waals surface area contributed by atoms with Gasteiger partial charge >= 0.3 is 5.97 Å². The summed E-state index contributed by atoms with van der Waals surface area (Å²) in [4.78, 5) is 30.7. The van der Waals surface area contributed by atoms with Crippen molar-refractivity contribution in [2.45, 2.75) is 12.5 Å². The third kappa shape index (κ3) is 4.23. The van der Waals surface area contributed by atoms with E-state index >= 15 is 0 Å². The maximum absolute atomic E-state index is 12.6. The Morgan fingerprint density at radius 3 is 2.55 bits per heavy atom. The normalized spacial score (nSPS) is 15.6. The van der Waals surface area contributed by atoms with Gasteiger partial charge in [-0.25, -0.2) is 4.79 Å². The van der Waals surface area contributed by atoms with E-state index in [1.807, 2.05) is 54.6 Å². The summed E-state index contributed by atoms with van der Waals surface area (Å²) in [5, 5.41) is 3.17. The minimum absolute atomic E-state index is 0.00408. The zero-order valence-corrected chi connectivity index (χ0v) is 17.9. The molecule has 4 aromatic rings. The maximum Gasteiger partial charge on any atom is 0.341 e. The van der Waals surface area contributed by atoms with Crippen LogP contribution in [-0.4, -0.2) is 36.6 Å². The highest BCUT2D eigenvalue weighted by molar-refractivity contribution is 6.01. The number of carbonyl (C=O) groups is 2.